The van der Waals surface area contributed by atoms with Crippen molar-refractivity contribution in [3.8, 4) is 16.3 Å². The van der Waals surface area contributed by atoms with Crippen LogP contribution in [0.3, 0.4) is 0 Å². The third-order valence-electron chi connectivity index (χ3n) is 3.70. The average Bonchev–Trinajstić information content (AvgIpc) is 3.07. The summed E-state index contributed by atoms with van der Waals surface area (Å²) in [4.78, 5) is 17.2. The number of fused-ring (bicyclic) bond motifs is 1. The molecule has 0 amide bonds. The number of hydrogen-bond donors (Lipinski definition) is 0. The van der Waals surface area contributed by atoms with Crippen LogP contribution in [0.4, 0.5) is 4.39 Å². The van der Waals surface area contributed by atoms with Gasteiger partial charge in [0.25, 0.3) is 0 Å². The zero-order valence-corrected chi connectivity index (χ0v) is 13.8. The summed E-state index contributed by atoms with van der Waals surface area (Å²) in [6, 6.07) is 20.4. The van der Waals surface area contributed by atoms with E-state index in [0.29, 0.717) is 11.3 Å². The summed E-state index contributed by atoms with van der Waals surface area (Å²) < 4.78 is 19.4. The van der Waals surface area contributed by atoms with E-state index in [0.717, 1.165) is 20.8 Å². The lowest BCUT2D eigenvalue weighted by atomic mass is 10.1. The highest BCUT2D eigenvalue weighted by molar-refractivity contribution is 7.21. The molecule has 0 unspecified atom stereocenters. The fourth-order valence-corrected chi connectivity index (χ4v) is 3.50. The Morgan fingerprint density at radius 3 is 2.44 bits per heavy atom. The van der Waals surface area contributed by atoms with Crippen molar-refractivity contribution < 1.29 is 13.9 Å². The topological polar surface area (TPSA) is 39.2 Å². The van der Waals surface area contributed by atoms with Gasteiger partial charge in [-0.05, 0) is 42.5 Å². The molecule has 25 heavy (non-hydrogen) atoms. The molecule has 0 N–H and O–H groups in total. The minimum atomic E-state index is -0.499. The third kappa shape index (κ3) is 3.14. The van der Waals surface area contributed by atoms with Gasteiger partial charge in [0.05, 0.1) is 15.8 Å². The minimum absolute atomic E-state index is 0.297. The number of thiazole rings is 1. The Balaban J connectivity index is 1.70. The van der Waals surface area contributed by atoms with Crippen LogP contribution in [0.15, 0.2) is 72.8 Å². The van der Waals surface area contributed by atoms with E-state index in [9.17, 15) is 9.18 Å². The molecule has 0 atom stereocenters. The van der Waals surface area contributed by atoms with E-state index in [1.165, 1.54) is 35.6 Å². The van der Waals surface area contributed by atoms with E-state index < -0.39 is 5.97 Å². The monoisotopic (exact) mass is 349 g/mol. The molecule has 0 aliphatic carbocycles. The van der Waals surface area contributed by atoms with Crippen molar-refractivity contribution in [3.63, 3.8) is 0 Å². The van der Waals surface area contributed by atoms with Gasteiger partial charge in [-0.2, -0.15) is 0 Å². The normalized spacial score (nSPS) is 10.8. The summed E-state index contributed by atoms with van der Waals surface area (Å²) in [5, 5.41) is 0.757. The van der Waals surface area contributed by atoms with Crippen LogP contribution in [0.2, 0.25) is 0 Å². The predicted octanol–water partition coefficient (Wildman–Crippen LogP) is 5.32. The molecule has 0 aliphatic heterocycles. The lowest BCUT2D eigenvalue weighted by Gasteiger charge is -2.07. The van der Waals surface area contributed by atoms with Crippen molar-refractivity contribution >= 4 is 27.5 Å². The van der Waals surface area contributed by atoms with E-state index >= 15 is 0 Å². The van der Waals surface area contributed by atoms with Gasteiger partial charge in [0.15, 0.2) is 0 Å². The van der Waals surface area contributed by atoms with Crippen molar-refractivity contribution in [2.75, 3.05) is 0 Å². The third-order valence-corrected chi connectivity index (χ3v) is 4.77. The smallest absolute Gasteiger partial charge is 0.344 e. The molecule has 0 aliphatic rings. The lowest BCUT2D eigenvalue weighted by Crippen LogP contribution is -2.09. The van der Waals surface area contributed by atoms with Crippen LogP contribution < -0.4 is 4.74 Å². The number of para-hydroxylation sites is 1. The fraction of sp³-hybridized carbons (Fsp3) is 0. The maximum Gasteiger partial charge on any atom is 0.344 e. The minimum Gasteiger partial charge on any atom is -0.423 e. The molecule has 4 aromatic rings. The highest BCUT2D eigenvalue weighted by Gasteiger charge is 2.17. The van der Waals surface area contributed by atoms with Gasteiger partial charge in [0.2, 0.25) is 0 Å². The number of hydrogen-bond acceptors (Lipinski definition) is 4. The second-order valence-electron chi connectivity index (χ2n) is 5.38. The van der Waals surface area contributed by atoms with E-state index in [2.05, 4.69) is 4.98 Å². The summed E-state index contributed by atoms with van der Waals surface area (Å²) in [6.07, 6.45) is 0. The Morgan fingerprint density at radius 1 is 0.920 bits per heavy atom. The maximum atomic E-state index is 13.0. The van der Waals surface area contributed by atoms with Crippen LogP contribution in [0.1, 0.15) is 10.4 Å². The first-order chi connectivity index (χ1) is 12.2. The number of carbonyl (C=O) groups is 1. The van der Waals surface area contributed by atoms with Gasteiger partial charge in [-0.25, -0.2) is 14.2 Å². The SMILES string of the molecule is O=C(Oc1ccc(F)cc1)c1ccccc1-c1nc2ccccc2s1. The molecule has 0 saturated heterocycles. The summed E-state index contributed by atoms with van der Waals surface area (Å²) in [7, 11) is 0. The average molecular weight is 349 g/mol. The van der Waals surface area contributed by atoms with Crippen molar-refractivity contribution in [3.05, 3.63) is 84.2 Å². The molecule has 5 heteroatoms. The number of ether oxygens (including phenoxy) is 1. The first kappa shape index (κ1) is 15.5. The lowest BCUT2D eigenvalue weighted by molar-refractivity contribution is 0.0735. The van der Waals surface area contributed by atoms with Crippen molar-refractivity contribution in [1.29, 1.82) is 0 Å². The molecule has 0 bridgehead atoms. The molecule has 3 aromatic carbocycles. The zero-order chi connectivity index (χ0) is 17.2. The van der Waals surface area contributed by atoms with Crippen LogP contribution in [-0.4, -0.2) is 11.0 Å². The molecule has 4 rings (SSSR count). The van der Waals surface area contributed by atoms with Gasteiger partial charge in [0.1, 0.15) is 16.6 Å². The van der Waals surface area contributed by atoms with E-state index in [4.69, 9.17) is 4.74 Å². The number of carbonyl (C=O) groups excluding carboxylic acids is 1. The number of nitrogens with zero attached hydrogens (tertiary/aromatic N) is 1. The molecule has 0 radical (unpaired) electrons. The molecule has 1 aromatic heterocycles. The summed E-state index contributed by atoms with van der Waals surface area (Å²) in [6.45, 7) is 0. The number of esters is 1. The molecular weight excluding hydrogens is 337 g/mol. The second-order valence-corrected chi connectivity index (χ2v) is 6.41. The number of aromatic nitrogens is 1. The first-order valence-corrected chi connectivity index (χ1v) is 8.45. The molecule has 0 fully saturated rings. The van der Waals surface area contributed by atoms with Crippen LogP contribution in [0, 0.1) is 5.82 Å². The van der Waals surface area contributed by atoms with Crippen LogP contribution in [-0.2, 0) is 0 Å². The molecule has 0 spiro atoms. The van der Waals surface area contributed by atoms with Crippen molar-refractivity contribution in [2.24, 2.45) is 0 Å². The standard InChI is InChI=1S/C20H12FNO2S/c21-13-9-11-14(12-10-13)24-20(23)16-6-2-1-5-15(16)19-22-17-7-3-4-8-18(17)25-19/h1-12H. The Morgan fingerprint density at radius 2 is 1.64 bits per heavy atom. The molecule has 1 heterocycles. The second kappa shape index (κ2) is 6.45. The number of rotatable bonds is 3. The summed E-state index contributed by atoms with van der Waals surface area (Å²) >= 11 is 1.52. The van der Waals surface area contributed by atoms with Crippen molar-refractivity contribution in [1.82, 2.24) is 4.98 Å². The van der Waals surface area contributed by atoms with Gasteiger partial charge in [-0.3, -0.25) is 0 Å². The van der Waals surface area contributed by atoms with E-state index in [1.54, 1.807) is 12.1 Å². The molecule has 0 saturated carbocycles. The van der Waals surface area contributed by atoms with Crippen LogP contribution >= 0.6 is 11.3 Å². The summed E-state index contributed by atoms with van der Waals surface area (Å²) in [5.41, 5.74) is 2.03. The van der Waals surface area contributed by atoms with Gasteiger partial charge in [-0.15, -0.1) is 11.3 Å². The van der Waals surface area contributed by atoms with Crippen LogP contribution in [0.5, 0.6) is 5.75 Å². The highest BCUT2D eigenvalue weighted by atomic mass is 32.1. The summed E-state index contributed by atoms with van der Waals surface area (Å²) in [5.74, 6) is -0.582. The first-order valence-electron chi connectivity index (χ1n) is 7.63. The Bertz CT molecular complexity index is 1020. The van der Waals surface area contributed by atoms with Gasteiger partial charge < -0.3 is 4.74 Å². The Labute approximate surface area is 147 Å². The quantitative estimate of drug-likeness (QED) is 0.371. The highest BCUT2D eigenvalue weighted by Crippen LogP contribution is 2.32. The van der Waals surface area contributed by atoms with Gasteiger partial charge >= 0.3 is 5.97 Å². The van der Waals surface area contributed by atoms with Crippen molar-refractivity contribution in [2.45, 2.75) is 0 Å². The zero-order valence-electron chi connectivity index (χ0n) is 13.0. The molecular formula is C20H12FNO2S. The molecule has 3 nitrogen and oxygen atoms in total. The predicted molar refractivity (Wildman–Crippen MR) is 96.4 cm³/mol. The maximum absolute atomic E-state index is 13.0. The number of halogens is 1. The largest absolute Gasteiger partial charge is 0.423 e. The van der Waals surface area contributed by atoms with Gasteiger partial charge in [0, 0.05) is 5.56 Å². The molecule has 122 valence electrons. The number of benzene rings is 3. The van der Waals surface area contributed by atoms with Crippen LogP contribution in [0.25, 0.3) is 20.8 Å². The van der Waals surface area contributed by atoms with E-state index in [-0.39, 0.29) is 5.82 Å². The fourth-order valence-electron chi connectivity index (χ4n) is 2.50. The van der Waals surface area contributed by atoms with Gasteiger partial charge in [-0.1, -0.05) is 30.3 Å². The Hall–Kier alpha value is -3.05. The Kier molecular flexibility index (Phi) is 3.99. The van der Waals surface area contributed by atoms with E-state index in [1.807, 2.05) is 36.4 Å².